The van der Waals surface area contributed by atoms with E-state index in [-0.39, 0.29) is 11.5 Å². The van der Waals surface area contributed by atoms with Crippen molar-refractivity contribution in [3.8, 4) is 0 Å². The van der Waals surface area contributed by atoms with Gasteiger partial charge in [-0.3, -0.25) is 0 Å². The molecule has 1 rings (SSSR count). The fourth-order valence-electron chi connectivity index (χ4n) is 3.46. The molecule has 0 spiro atoms. The molecule has 4 nitrogen and oxygen atoms in total. The second-order valence-corrected chi connectivity index (χ2v) is 5.06. The van der Waals surface area contributed by atoms with Crippen molar-refractivity contribution < 1.29 is 19.8 Å². The molecule has 1 aliphatic carbocycles. The van der Waals surface area contributed by atoms with Gasteiger partial charge in [0.2, 0.25) is 0 Å². The van der Waals surface area contributed by atoms with Crippen LogP contribution < -0.4 is 0 Å². The van der Waals surface area contributed by atoms with E-state index in [4.69, 9.17) is 5.11 Å². The van der Waals surface area contributed by atoms with Crippen LogP contribution >= 0.6 is 0 Å². The summed E-state index contributed by atoms with van der Waals surface area (Å²) in [6.07, 6.45) is 6.37. The largest absolute Gasteiger partial charge is 0.478 e. The van der Waals surface area contributed by atoms with Crippen LogP contribution in [0.3, 0.4) is 0 Å². The van der Waals surface area contributed by atoms with Crippen molar-refractivity contribution in [3.05, 3.63) is 11.6 Å². The SMILES string of the molecule is CCC1CCCCC1(CC)/C(=C\C(=O)O)C(=O)O. The Labute approximate surface area is 108 Å². The number of hydrogen-bond acceptors (Lipinski definition) is 2. The molecule has 0 radical (unpaired) electrons. The summed E-state index contributed by atoms with van der Waals surface area (Å²) in [5, 5.41) is 18.2. The van der Waals surface area contributed by atoms with Gasteiger partial charge in [-0.25, -0.2) is 9.59 Å². The Morgan fingerprint density at radius 3 is 2.39 bits per heavy atom. The van der Waals surface area contributed by atoms with Gasteiger partial charge in [0.15, 0.2) is 0 Å². The molecule has 18 heavy (non-hydrogen) atoms. The van der Waals surface area contributed by atoms with Crippen molar-refractivity contribution in [1.29, 1.82) is 0 Å². The smallest absolute Gasteiger partial charge is 0.332 e. The fraction of sp³-hybridized carbons (Fsp3) is 0.714. The summed E-state index contributed by atoms with van der Waals surface area (Å²) in [6.45, 7) is 4.02. The first-order valence-corrected chi connectivity index (χ1v) is 6.66. The molecule has 0 bridgehead atoms. The highest BCUT2D eigenvalue weighted by Gasteiger charge is 2.44. The number of hydrogen-bond donors (Lipinski definition) is 2. The summed E-state index contributed by atoms with van der Waals surface area (Å²) in [5.41, 5.74) is -0.374. The van der Waals surface area contributed by atoms with Crippen LogP contribution in [0.25, 0.3) is 0 Å². The summed E-state index contributed by atoms with van der Waals surface area (Å²) in [7, 11) is 0. The predicted molar refractivity (Wildman–Crippen MR) is 68.3 cm³/mol. The Balaban J connectivity index is 3.24. The van der Waals surface area contributed by atoms with Crippen molar-refractivity contribution in [2.45, 2.75) is 52.4 Å². The van der Waals surface area contributed by atoms with Gasteiger partial charge in [-0.05, 0) is 25.2 Å². The highest BCUT2D eigenvalue weighted by atomic mass is 16.4. The molecule has 0 amide bonds. The summed E-state index contributed by atoms with van der Waals surface area (Å²) in [4.78, 5) is 22.3. The van der Waals surface area contributed by atoms with Crippen LogP contribution in [0.5, 0.6) is 0 Å². The van der Waals surface area contributed by atoms with E-state index in [9.17, 15) is 14.7 Å². The average Bonchev–Trinajstić information content (AvgIpc) is 2.35. The Bertz CT molecular complexity index is 359. The van der Waals surface area contributed by atoms with Gasteiger partial charge in [-0.2, -0.15) is 0 Å². The zero-order valence-corrected chi connectivity index (χ0v) is 11.1. The van der Waals surface area contributed by atoms with E-state index in [0.29, 0.717) is 6.42 Å². The minimum atomic E-state index is -1.17. The molecule has 0 aromatic rings. The molecule has 4 heteroatoms. The minimum absolute atomic E-state index is 0.0871. The molecule has 2 N–H and O–H groups in total. The molecule has 0 aliphatic heterocycles. The predicted octanol–water partition coefficient (Wildman–Crippen LogP) is 3.08. The van der Waals surface area contributed by atoms with E-state index in [1.807, 2.05) is 6.92 Å². The van der Waals surface area contributed by atoms with Crippen LogP contribution in [-0.2, 0) is 9.59 Å². The molecule has 0 heterocycles. The number of carboxylic acids is 2. The van der Waals surface area contributed by atoms with E-state index >= 15 is 0 Å². The van der Waals surface area contributed by atoms with Gasteiger partial charge in [-0.15, -0.1) is 0 Å². The van der Waals surface area contributed by atoms with Crippen molar-refractivity contribution >= 4 is 11.9 Å². The first-order chi connectivity index (χ1) is 8.47. The van der Waals surface area contributed by atoms with Crippen molar-refractivity contribution in [2.75, 3.05) is 0 Å². The quantitative estimate of drug-likeness (QED) is 0.739. The van der Waals surface area contributed by atoms with Crippen molar-refractivity contribution in [3.63, 3.8) is 0 Å². The first kappa shape index (κ1) is 14.7. The highest BCUT2D eigenvalue weighted by molar-refractivity contribution is 5.95. The highest BCUT2D eigenvalue weighted by Crippen LogP contribution is 2.50. The summed E-state index contributed by atoms with van der Waals surface area (Å²) < 4.78 is 0. The van der Waals surface area contributed by atoms with Crippen LogP contribution in [0.1, 0.15) is 52.4 Å². The van der Waals surface area contributed by atoms with E-state index in [2.05, 4.69) is 6.92 Å². The van der Waals surface area contributed by atoms with Gasteiger partial charge < -0.3 is 10.2 Å². The molecule has 2 atom stereocenters. The standard InChI is InChI=1S/C14H22O4/c1-3-10-7-5-6-8-14(10,4-2)11(13(17)18)9-12(15)16/h9-10H,3-8H2,1-2H3,(H,15,16)(H,17,18)/b11-9-. The van der Waals surface area contributed by atoms with E-state index in [1.54, 1.807) is 0 Å². The zero-order chi connectivity index (χ0) is 13.8. The van der Waals surface area contributed by atoms with Crippen LogP contribution in [0.2, 0.25) is 0 Å². The second kappa shape index (κ2) is 6.03. The molecule has 2 unspecified atom stereocenters. The minimum Gasteiger partial charge on any atom is -0.478 e. The lowest BCUT2D eigenvalue weighted by Gasteiger charge is -2.44. The molecule has 0 aromatic heterocycles. The molecular formula is C14H22O4. The van der Waals surface area contributed by atoms with Gasteiger partial charge in [0.1, 0.15) is 0 Å². The van der Waals surface area contributed by atoms with Gasteiger partial charge >= 0.3 is 11.9 Å². The third-order valence-corrected chi connectivity index (χ3v) is 4.37. The number of rotatable bonds is 5. The van der Waals surface area contributed by atoms with Crippen LogP contribution in [0.15, 0.2) is 11.6 Å². The van der Waals surface area contributed by atoms with Gasteiger partial charge in [0, 0.05) is 11.5 Å². The van der Waals surface area contributed by atoms with Crippen molar-refractivity contribution in [1.82, 2.24) is 0 Å². The van der Waals surface area contributed by atoms with Crippen LogP contribution in [0, 0.1) is 11.3 Å². The first-order valence-electron chi connectivity index (χ1n) is 6.66. The fourth-order valence-corrected chi connectivity index (χ4v) is 3.46. The Morgan fingerprint density at radius 2 is 1.94 bits per heavy atom. The van der Waals surface area contributed by atoms with Gasteiger partial charge in [0.05, 0.1) is 5.57 Å². The van der Waals surface area contributed by atoms with E-state index < -0.39 is 17.4 Å². The number of carboxylic acid groups (broad SMARTS) is 2. The van der Waals surface area contributed by atoms with E-state index in [1.165, 1.54) is 0 Å². The second-order valence-electron chi connectivity index (χ2n) is 5.06. The van der Waals surface area contributed by atoms with Crippen LogP contribution in [0.4, 0.5) is 0 Å². The van der Waals surface area contributed by atoms with Crippen LogP contribution in [-0.4, -0.2) is 22.2 Å². The molecule has 1 saturated carbocycles. The number of carbonyl (C=O) groups is 2. The Kier molecular flexibility index (Phi) is 4.93. The van der Waals surface area contributed by atoms with Gasteiger partial charge in [-0.1, -0.05) is 33.1 Å². The van der Waals surface area contributed by atoms with Crippen molar-refractivity contribution in [2.24, 2.45) is 11.3 Å². The lowest BCUT2D eigenvalue weighted by Crippen LogP contribution is -2.38. The van der Waals surface area contributed by atoms with E-state index in [0.717, 1.165) is 38.2 Å². The lowest BCUT2D eigenvalue weighted by atomic mass is 9.60. The Hall–Kier alpha value is -1.32. The molecular weight excluding hydrogens is 232 g/mol. The monoisotopic (exact) mass is 254 g/mol. The third-order valence-electron chi connectivity index (χ3n) is 4.37. The maximum Gasteiger partial charge on any atom is 0.332 e. The summed E-state index contributed by atoms with van der Waals surface area (Å²) in [5.74, 6) is -1.97. The molecule has 0 aromatic carbocycles. The molecule has 102 valence electrons. The maximum absolute atomic E-state index is 11.4. The maximum atomic E-state index is 11.4. The average molecular weight is 254 g/mol. The van der Waals surface area contributed by atoms with Gasteiger partial charge in [0.25, 0.3) is 0 Å². The zero-order valence-electron chi connectivity index (χ0n) is 11.1. The topological polar surface area (TPSA) is 74.6 Å². The summed E-state index contributed by atoms with van der Waals surface area (Å²) >= 11 is 0. The molecule has 1 fully saturated rings. The Morgan fingerprint density at radius 1 is 1.28 bits per heavy atom. The molecule has 1 aliphatic rings. The summed E-state index contributed by atoms with van der Waals surface area (Å²) in [6, 6.07) is 0. The number of aliphatic carboxylic acids is 2. The third kappa shape index (κ3) is 2.74. The molecule has 0 saturated heterocycles. The normalized spacial score (nSPS) is 29.0. The lowest BCUT2D eigenvalue weighted by molar-refractivity contribution is -0.137.